The van der Waals surface area contributed by atoms with Crippen LogP contribution in [0.5, 0.6) is 0 Å². The molecule has 2 rings (SSSR count). The smallest absolute Gasteiger partial charge is 0.137 e. The molecule has 0 aliphatic rings. The fraction of sp³-hybridized carbons (Fsp3) is 0.250. The molecule has 1 atom stereocenters. The number of aliphatic hydroxyl groups excluding tert-OH is 1. The third-order valence-electron chi connectivity index (χ3n) is 2.57. The van der Waals surface area contributed by atoms with Crippen molar-refractivity contribution < 1.29 is 5.11 Å². The molecule has 0 radical (unpaired) electrons. The van der Waals surface area contributed by atoms with Gasteiger partial charge in [-0.2, -0.15) is 0 Å². The topological polar surface area (TPSA) is 38.0 Å². The van der Waals surface area contributed by atoms with Crippen molar-refractivity contribution in [3.05, 3.63) is 52.0 Å². The lowest BCUT2D eigenvalue weighted by Gasteiger charge is -2.11. The van der Waals surface area contributed by atoms with Crippen LogP contribution in [0.4, 0.5) is 0 Å². The maximum absolute atomic E-state index is 10.0. The molecule has 5 heteroatoms. The van der Waals surface area contributed by atoms with Crippen molar-refractivity contribution in [2.24, 2.45) is 7.05 Å². The molecule has 2 aromatic rings. The second-order valence-corrected chi connectivity index (χ2v) is 4.68. The van der Waals surface area contributed by atoms with Crippen LogP contribution in [0.2, 0.25) is 10.0 Å². The van der Waals surface area contributed by atoms with Crippen LogP contribution in [0.1, 0.15) is 17.5 Å². The summed E-state index contributed by atoms with van der Waals surface area (Å²) in [5, 5.41) is 11.1. The lowest BCUT2D eigenvalue weighted by molar-refractivity contribution is 0.165. The van der Waals surface area contributed by atoms with E-state index in [1.54, 1.807) is 29.1 Å². The van der Waals surface area contributed by atoms with Gasteiger partial charge in [-0.25, -0.2) is 4.98 Å². The highest BCUT2D eigenvalue weighted by atomic mass is 35.5. The van der Waals surface area contributed by atoms with E-state index in [2.05, 4.69) is 4.98 Å². The van der Waals surface area contributed by atoms with Crippen molar-refractivity contribution in [1.29, 1.82) is 0 Å². The molecule has 0 saturated carbocycles. The number of hydrogen-bond acceptors (Lipinski definition) is 2. The molecule has 1 aromatic heterocycles. The Bertz CT molecular complexity index is 525. The minimum Gasteiger partial charge on any atom is -0.385 e. The first kappa shape index (κ1) is 12.4. The predicted molar refractivity (Wildman–Crippen MR) is 68.3 cm³/mol. The summed E-state index contributed by atoms with van der Waals surface area (Å²) in [4.78, 5) is 4.11. The number of aliphatic hydroxyl groups is 1. The van der Waals surface area contributed by atoms with Crippen LogP contribution in [-0.4, -0.2) is 14.7 Å². The molecule has 3 nitrogen and oxygen atoms in total. The van der Waals surface area contributed by atoms with Crippen LogP contribution < -0.4 is 0 Å². The summed E-state index contributed by atoms with van der Waals surface area (Å²) >= 11 is 11.8. The average molecular weight is 271 g/mol. The van der Waals surface area contributed by atoms with E-state index in [0.717, 1.165) is 5.56 Å². The highest BCUT2D eigenvalue weighted by Gasteiger charge is 2.13. The number of hydrogen-bond donors (Lipinski definition) is 1. The molecule has 0 amide bonds. The van der Waals surface area contributed by atoms with E-state index >= 15 is 0 Å². The Morgan fingerprint density at radius 1 is 1.35 bits per heavy atom. The summed E-state index contributed by atoms with van der Waals surface area (Å²) in [6.07, 6.45) is 3.27. The van der Waals surface area contributed by atoms with E-state index in [4.69, 9.17) is 23.2 Å². The van der Waals surface area contributed by atoms with Crippen LogP contribution in [0.3, 0.4) is 0 Å². The van der Waals surface area contributed by atoms with Gasteiger partial charge in [0.05, 0.1) is 10.0 Å². The maximum atomic E-state index is 10.0. The van der Waals surface area contributed by atoms with Crippen molar-refractivity contribution in [3.63, 3.8) is 0 Å². The van der Waals surface area contributed by atoms with Crippen LogP contribution >= 0.6 is 23.2 Å². The fourth-order valence-electron chi connectivity index (χ4n) is 1.68. The zero-order valence-electron chi connectivity index (χ0n) is 9.27. The van der Waals surface area contributed by atoms with Crippen LogP contribution in [0, 0.1) is 0 Å². The normalized spacial score (nSPS) is 12.7. The second-order valence-electron chi connectivity index (χ2n) is 3.86. The Morgan fingerprint density at radius 3 is 2.71 bits per heavy atom. The summed E-state index contributed by atoms with van der Waals surface area (Å²) in [5.41, 5.74) is 0.926. The van der Waals surface area contributed by atoms with Crippen molar-refractivity contribution >= 4 is 23.2 Å². The molecule has 1 unspecified atom stereocenters. The van der Waals surface area contributed by atoms with Crippen molar-refractivity contribution in [3.8, 4) is 0 Å². The molecule has 0 spiro atoms. The third-order valence-corrected chi connectivity index (χ3v) is 3.31. The van der Waals surface area contributed by atoms with E-state index in [1.807, 2.05) is 13.1 Å². The highest BCUT2D eigenvalue weighted by molar-refractivity contribution is 6.42. The Morgan fingerprint density at radius 2 is 2.12 bits per heavy atom. The van der Waals surface area contributed by atoms with E-state index in [9.17, 15) is 5.11 Å². The van der Waals surface area contributed by atoms with Crippen molar-refractivity contribution in [1.82, 2.24) is 9.55 Å². The quantitative estimate of drug-likeness (QED) is 0.931. The molecule has 17 heavy (non-hydrogen) atoms. The van der Waals surface area contributed by atoms with Gasteiger partial charge in [-0.15, -0.1) is 0 Å². The first-order valence-electron chi connectivity index (χ1n) is 5.17. The molecular weight excluding hydrogens is 259 g/mol. The molecule has 1 heterocycles. The van der Waals surface area contributed by atoms with Gasteiger partial charge in [0.2, 0.25) is 0 Å². The molecule has 90 valence electrons. The zero-order valence-corrected chi connectivity index (χ0v) is 10.8. The number of aromatic nitrogens is 2. The predicted octanol–water partition coefficient (Wildman–Crippen LogP) is 3.00. The zero-order chi connectivity index (χ0) is 12.4. The standard InChI is InChI=1S/C12H12Cl2N2O/c1-16-5-4-15-12(16)11(17)7-8-2-3-9(13)10(14)6-8/h2-6,11,17H,7H2,1H3. The summed E-state index contributed by atoms with van der Waals surface area (Å²) in [7, 11) is 1.85. The first-order valence-corrected chi connectivity index (χ1v) is 5.92. The van der Waals surface area contributed by atoms with Gasteiger partial charge in [0.15, 0.2) is 0 Å². The Labute approximate surface area is 110 Å². The lowest BCUT2D eigenvalue weighted by atomic mass is 10.1. The SMILES string of the molecule is Cn1ccnc1C(O)Cc1ccc(Cl)c(Cl)c1. The Hall–Kier alpha value is -1.03. The monoisotopic (exact) mass is 270 g/mol. The number of benzene rings is 1. The van der Waals surface area contributed by atoms with E-state index < -0.39 is 6.10 Å². The van der Waals surface area contributed by atoms with Gasteiger partial charge in [-0.3, -0.25) is 0 Å². The first-order chi connectivity index (χ1) is 8.08. The minimum absolute atomic E-state index is 0.460. The third kappa shape index (κ3) is 2.80. The summed E-state index contributed by atoms with van der Waals surface area (Å²) < 4.78 is 1.79. The summed E-state index contributed by atoms with van der Waals surface area (Å²) in [5.74, 6) is 0.635. The molecule has 0 aliphatic heterocycles. The average Bonchev–Trinajstić information content (AvgIpc) is 2.70. The van der Waals surface area contributed by atoms with E-state index in [1.165, 1.54) is 0 Å². The highest BCUT2D eigenvalue weighted by Crippen LogP contribution is 2.25. The van der Waals surface area contributed by atoms with Crippen LogP contribution in [0.15, 0.2) is 30.6 Å². The van der Waals surface area contributed by atoms with Crippen LogP contribution in [-0.2, 0) is 13.5 Å². The van der Waals surface area contributed by atoms with Gasteiger partial charge in [-0.1, -0.05) is 29.3 Å². The fourth-order valence-corrected chi connectivity index (χ4v) is 2.00. The Balaban J connectivity index is 2.16. The lowest BCUT2D eigenvalue weighted by Crippen LogP contribution is -2.08. The summed E-state index contributed by atoms with van der Waals surface area (Å²) in [6.45, 7) is 0. The van der Waals surface area contributed by atoms with Crippen LogP contribution in [0.25, 0.3) is 0 Å². The molecule has 0 saturated heterocycles. The van der Waals surface area contributed by atoms with Crippen molar-refractivity contribution in [2.75, 3.05) is 0 Å². The number of halogens is 2. The van der Waals surface area contributed by atoms with E-state index in [0.29, 0.717) is 22.3 Å². The number of nitrogens with zero attached hydrogens (tertiary/aromatic N) is 2. The van der Waals surface area contributed by atoms with Gasteiger partial charge in [-0.05, 0) is 17.7 Å². The largest absolute Gasteiger partial charge is 0.385 e. The second kappa shape index (κ2) is 5.08. The maximum Gasteiger partial charge on any atom is 0.137 e. The molecule has 0 fully saturated rings. The van der Waals surface area contributed by atoms with Gasteiger partial charge in [0.25, 0.3) is 0 Å². The minimum atomic E-state index is -0.646. The molecule has 1 aromatic carbocycles. The molecular formula is C12H12Cl2N2O. The summed E-state index contributed by atoms with van der Waals surface area (Å²) in [6, 6.07) is 5.33. The number of aryl methyl sites for hydroxylation is 1. The van der Waals surface area contributed by atoms with Gasteiger partial charge < -0.3 is 9.67 Å². The van der Waals surface area contributed by atoms with Crippen molar-refractivity contribution in [2.45, 2.75) is 12.5 Å². The Kier molecular flexibility index (Phi) is 3.72. The van der Waals surface area contributed by atoms with Gasteiger partial charge in [0.1, 0.15) is 11.9 Å². The molecule has 1 N–H and O–H groups in total. The molecule has 0 bridgehead atoms. The number of rotatable bonds is 3. The van der Waals surface area contributed by atoms with Gasteiger partial charge >= 0.3 is 0 Å². The van der Waals surface area contributed by atoms with Gasteiger partial charge in [0, 0.05) is 25.9 Å². The van der Waals surface area contributed by atoms with E-state index in [-0.39, 0.29) is 0 Å². The molecule has 0 aliphatic carbocycles. The number of imidazole rings is 1.